The normalized spacial score (nSPS) is 16.1. The maximum atomic E-state index is 12.6. The number of halogens is 3. The van der Waals surface area contributed by atoms with Crippen LogP contribution in [0.4, 0.5) is 13.2 Å². The van der Waals surface area contributed by atoms with Crippen molar-refractivity contribution in [3.05, 3.63) is 23.2 Å². The first-order valence-corrected chi connectivity index (χ1v) is 6.98. The monoisotopic (exact) mass is 290 g/mol. The molecule has 0 amide bonds. The van der Waals surface area contributed by atoms with Crippen molar-refractivity contribution >= 4 is 0 Å². The van der Waals surface area contributed by atoms with Crippen molar-refractivity contribution in [2.45, 2.75) is 52.0 Å². The van der Waals surface area contributed by atoms with E-state index in [9.17, 15) is 13.2 Å². The lowest BCUT2D eigenvalue weighted by molar-refractivity contribution is -0.148. The van der Waals surface area contributed by atoms with E-state index >= 15 is 0 Å². The van der Waals surface area contributed by atoms with Crippen molar-refractivity contribution in [3.63, 3.8) is 0 Å². The number of alkyl halides is 3. The lowest BCUT2D eigenvalue weighted by Crippen LogP contribution is -2.35. The van der Waals surface area contributed by atoms with Crippen molar-refractivity contribution in [1.29, 1.82) is 0 Å². The molecule has 3 nitrogen and oxygen atoms in total. The van der Waals surface area contributed by atoms with E-state index in [1.54, 1.807) is 0 Å². The molecule has 0 aromatic carbocycles. The first-order valence-electron chi connectivity index (χ1n) is 6.98. The third kappa shape index (κ3) is 4.52. The van der Waals surface area contributed by atoms with Crippen LogP contribution in [0.1, 0.15) is 36.8 Å². The molecule has 0 radical (unpaired) electrons. The lowest BCUT2D eigenvalue weighted by Gasteiger charge is -2.22. The van der Waals surface area contributed by atoms with Crippen LogP contribution in [0.3, 0.4) is 0 Å². The summed E-state index contributed by atoms with van der Waals surface area (Å²) in [7, 11) is 0. The standard InChI is InChI=1S/C14H21F3N2O/c1-3-18-7-13-6-11(10(2)20-13)8-19(12-4-5-12)9-14(15,16)17/h6,12,18H,3-5,7-9H2,1-2H3. The molecule has 20 heavy (non-hydrogen) atoms. The average molecular weight is 290 g/mol. The molecule has 0 saturated heterocycles. The maximum Gasteiger partial charge on any atom is 0.401 e. The highest BCUT2D eigenvalue weighted by Gasteiger charge is 2.38. The molecule has 6 heteroatoms. The van der Waals surface area contributed by atoms with Gasteiger partial charge in [0.05, 0.1) is 13.1 Å². The van der Waals surface area contributed by atoms with Gasteiger partial charge in [-0.15, -0.1) is 0 Å². The van der Waals surface area contributed by atoms with Crippen LogP contribution in [-0.2, 0) is 13.1 Å². The van der Waals surface area contributed by atoms with Gasteiger partial charge in [0.15, 0.2) is 0 Å². The van der Waals surface area contributed by atoms with E-state index in [-0.39, 0.29) is 6.04 Å². The van der Waals surface area contributed by atoms with Crippen LogP contribution >= 0.6 is 0 Å². The summed E-state index contributed by atoms with van der Waals surface area (Å²) in [6, 6.07) is 1.94. The fraction of sp³-hybridized carbons (Fsp3) is 0.714. The molecule has 1 N–H and O–H groups in total. The van der Waals surface area contributed by atoms with E-state index < -0.39 is 12.7 Å². The van der Waals surface area contributed by atoms with Crippen molar-refractivity contribution < 1.29 is 17.6 Å². The summed E-state index contributed by atoms with van der Waals surface area (Å²) < 4.78 is 43.4. The van der Waals surface area contributed by atoms with Crippen molar-refractivity contribution in [3.8, 4) is 0 Å². The molecule has 1 aliphatic carbocycles. The van der Waals surface area contributed by atoms with Crippen molar-refractivity contribution in [2.75, 3.05) is 13.1 Å². The van der Waals surface area contributed by atoms with Gasteiger partial charge in [0, 0.05) is 18.2 Å². The molecule has 2 rings (SSSR count). The Hall–Kier alpha value is -1.01. The zero-order chi connectivity index (χ0) is 14.8. The van der Waals surface area contributed by atoms with Crippen LogP contribution in [-0.4, -0.2) is 30.2 Å². The van der Waals surface area contributed by atoms with Gasteiger partial charge in [-0.3, -0.25) is 4.90 Å². The number of furan rings is 1. The molecule has 1 heterocycles. The van der Waals surface area contributed by atoms with Gasteiger partial charge in [0.25, 0.3) is 0 Å². The van der Waals surface area contributed by atoms with Crippen LogP contribution in [0.25, 0.3) is 0 Å². The summed E-state index contributed by atoms with van der Waals surface area (Å²) in [4.78, 5) is 1.51. The summed E-state index contributed by atoms with van der Waals surface area (Å²) in [5, 5.41) is 3.14. The van der Waals surface area contributed by atoms with Crippen LogP contribution in [0.2, 0.25) is 0 Å². The molecule has 0 bridgehead atoms. The summed E-state index contributed by atoms with van der Waals surface area (Å²) >= 11 is 0. The number of aryl methyl sites for hydroxylation is 1. The van der Waals surface area contributed by atoms with Gasteiger partial charge in [0.1, 0.15) is 11.5 Å². The molecular formula is C14H21F3N2O. The van der Waals surface area contributed by atoms with E-state index in [0.29, 0.717) is 18.8 Å². The van der Waals surface area contributed by atoms with E-state index in [2.05, 4.69) is 5.32 Å². The molecule has 1 aromatic heterocycles. The second kappa shape index (κ2) is 6.18. The third-order valence-electron chi connectivity index (χ3n) is 3.44. The number of rotatable bonds is 7. The van der Waals surface area contributed by atoms with Gasteiger partial charge in [-0.25, -0.2) is 0 Å². The molecule has 0 unspecified atom stereocenters. The molecule has 1 saturated carbocycles. The summed E-state index contributed by atoms with van der Waals surface area (Å²) in [5.74, 6) is 1.49. The van der Waals surface area contributed by atoms with Crippen LogP contribution in [0, 0.1) is 6.92 Å². The fourth-order valence-electron chi connectivity index (χ4n) is 2.28. The Kier molecular flexibility index (Phi) is 4.75. The maximum absolute atomic E-state index is 12.6. The van der Waals surface area contributed by atoms with Crippen LogP contribution in [0.5, 0.6) is 0 Å². The second-order valence-electron chi connectivity index (χ2n) is 5.33. The Morgan fingerprint density at radius 2 is 2.10 bits per heavy atom. The average Bonchev–Trinajstić information content (AvgIpc) is 3.11. The quantitative estimate of drug-likeness (QED) is 0.836. The minimum Gasteiger partial charge on any atom is -0.465 e. The van der Waals surface area contributed by atoms with E-state index in [1.165, 1.54) is 4.90 Å². The van der Waals surface area contributed by atoms with Gasteiger partial charge >= 0.3 is 6.18 Å². The largest absolute Gasteiger partial charge is 0.465 e. The number of hydrogen-bond donors (Lipinski definition) is 1. The van der Waals surface area contributed by atoms with Gasteiger partial charge in [0.2, 0.25) is 0 Å². The fourth-order valence-corrected chi connectivity index (χ4v) is 2.28. The van der Waals surface area contributed by atoms with E-state index in [1.807, 2.05) is 19.9 Å². The minimum absolute atomic E-state index is 0.0724. The highest BCUT2D eigenvalue weighted by Crippen LogP contribution is 2.32. The SMILES string of the molecule is CCNCc1cc(CN(CC(F)(F)F)C2CC2)c(C)o1. The lowest BCUT2D eigenvalue weighted by atomic mass is 10.2. The molecular weight excluding hydrogens is 269 g/mol. The first-order chi connectivity index (χ1) is 9.39. The highest BCUT2D eigenvalue weighted by atomic mass is 19.4. The zero-order valence-electron chi connectivity index (χ0n) is 11.9. The van der Waals surface area contributed by atoms with Gasteiger partial charge in [-0.2, -0.15) is 13.2 Å². The number of nitrogens with one attached hydrogen (secondary N) is 1. The molecule has 0 aliphatic heterocycles. The Morgan fingerprint density at radius 3 is 2.65 bits per heavy atom. The van der Waals surface area contributed by atoms with Crippen molar-refractivity contribution in [2.24, 2.45) is 0 Å². The van der Waals surface area contributed by atoms with Gasteiger partial charge in [-0.05, 0) is 32.4 Å². The van der Waals surface area contributed by atoms with Crippen LogP contribution in [0.15, 0.2) is 10.5 Å². The smallest absolute Gasteiger partial charge is 0.401 e. The Morgan fingerprint density at radius 1 is 1.40 bits per heavy atom. The van der Waals surface area contributed by atoms with Gasteiger partial charge in [-0.1, -0.05) is 6.92 Å². The van der Waals surface area contributed by atoms with E-state index in [4.69, 9.17) is 4.42 Å². The molecule has 0 spiro atoms. The topological polar surface area (TPSA) is 28.4 Å². The van der Waals surface area contributed by atoms with Crippen molar-refractivity contribution in [1.82, 2.24) is 10.2 Å². The summed E-state index contributed by atoms with van der Waals surface area (Å²) in [6.45, 7) is 4.71. The Labute approximate surface area is 117 Å². The van der Waals surface area contributed by atoms with Crippen LogP contribution < -0.4 is 5.32 Å². The minimum atomic E-state index is -4.15. The predicted octanol–water partition coefficient (Wildman–Crippen LogP) is 3.22. The van der Waals surface area contributed by atoms with E-state index in [0.717, 1.165) is 30.7 Å². The zero-order valence-corrected chi connectivity index (χ0v) is 11.9. The first kappa shape index (κ1) is 15.4. The number of hydrogen-bond acceptors (Lipinski definition) is 3. The molecule has 1 aliphatic rings. The highest BCUT2D eigenvalue weighted by molar-refractivity contribution is 5.21. The summed E-state index contributed by atoms with van der Waals surface area (Å²) in [5.41, 5.74) is 0.856. The Balaban J connectivity index is 2.01. The van der Waals surface area contributed by atoms with Gasteiger partial charge < -0.3 is 9.73 Å². The third-order valence-corrected chi connectivity index (χ3v) is 3.44. The molecule has 1 aromatic rings. The molecule has 1 fully saturated rings. The molecule has 0 atom stereocenters. The second-order valence-corrected chi connectivity index (χ2v) is 5.33. The number of nitrogens with zero attached hydrogens (tertiary/aromatic N) is 1. The molecule has 114 valence electrons. The Bertz CT molecular complexity index is 438. The summed E-state index contributed by atoms with van der Waals surface area (Å²) in [6.07, 6.45) is -2.43. The predicted molar refractivity (Wildman–Crippen MR) is 70.3 cm³/mol.